The highest BCUT2D eigenvalue weighted by Crippen LogP contribution is 2.22. The second kappa shape index (κ2) is 4.45. The van der Waals surface area contributed by atoms with E-state index < -0.39 is 0 Å². The third kappa shape index (κ3) is 2.18. The molecular weight excluding hydrogens is 198 g/mol. The molecule has 2 rings (SSSR count). The number of anilines is 2. The van der Waals surface area contributed by atoms with E-state index in [1.165, 1.54) is 5.56 Å². The lowest BCUT2D eigenvalue weighted by Crippen LogP contribution is -1.91. The van der Waals surface area contributed by atoms with Crippen LogP contribution >= 0.6 is 0 Å². The second-order valence-corrected chi connectivity index (χ2v) is 3.59. The Morgan fingerprint density at radius 2 is 1.69 bits per heavy atom. The van der Waals surface area contributed by atoms with Gasteiger partial charge in [0, 0.05) is 23.5 Å². The van der Waals surface area contributed by atoms with E-state index in [2.05, 4.69) is 23.3 Å². The van der Waals surface area contributed by atoms with Crippen LogP contribution in [0.5, 0.6) is 0 Å². The van der Waals surface area contributed by atoms with Crippen molar-refractivity contribution in [1.29, 1.82) is 5.39 Å². The Kier molecular flexibility index (Phi) is 2.84. The fraction of sp³-hybridized carbons (Fsp3) is 0.0769. The molecule has 0 spiro atoms. The number of benzene rings is 2. The van der Waals surface area contributed by atoms with Crippen molar-refractivity contribution in [1.82, 2.24) is 0 Å². The molecule has 2 aromatic carbocycles. The molecule has 0 aliphatic rings. The molecule has 3 nitrogen and oxygen atoms in total. The summed E-state index contributed by atoms with van der Waals surface area (Å²) in [5.74, 6) is 0. The average Bonchev–Trinajstić information content (AvgIpc) is 2.33. The van der Waals surface area contributed by atoms with Crippen LogP contribution in [-0.4, -0.2) is 0 Å². The summed E-state index contributed by atoms with van der Waals surface area (Å²) in [5.41, 5.74) is 3.80. The van der Waals surface area contributed by atoms with Crippen LogP contribution in [0.15, 0.2) is 48.5 Å². The third-order valence-corrected chi connectivity index (χ3v) is 2.41. The van der Waals surface area contributed by atoms with Crippen LogP contribution in [0.3, 0.4) is 0 Å². The molecule has 0 atom stereocenters. The molecule has 0 heterocycles. The van der Waals surface area contributed by atoms with E-state index in [1.54, 1.807) is 12.1 Å². The summed E-state index contributed by atoms with van der Waals surface area (Å²) in [6.45, 7) is 2.06. The van der Waals surface area contributed by atoms with Gasteiger partial charge in [0.1, 0.15) is 0 Å². The first-order valence-electron chi connectivity index (χ1n) is 5.07. The molecule has 0 amide bonds. The number of nitrogens with one attached hydrogen (secondary N) is 1. The van der Waals surface area contributed by atoms with Gasteiger partial charge in [0.25, 0.3) is 0 Å². The van der Waals surface area contributed by atoms with E-state index in [-0.39, 0.29) is 0 Å². The zero-order chi connectivity index (χ0) is 11.4. The van der Waals surface area contributed by atoms with Crippen molar-refractivity contribution in [3.63, 3.8) is 0 Å². The first kappa shape index (κ1) is 10.2. The molecule has 0 saturated carbocycles. The van der Waals surface area contributed by atoms with Crippen LogP contribution in [0, 0.1) is 12.3 Å². The average molecular weight is 210 g/mol. The molecule has 0 radical (unpaired) electrons. The van der Waals surface area contributed by atoms with Gasteiger partial charge in [-0.05, 0) is 30.7 Å². The Morgan fingerprint density at radius 3 is 2.31 bits per heavy atom. The van der Waals surface area contributed by atoms with E-state index in [1.807, 2.05) is 30.3 Å². The zero-order valence-electron chi connectivity index (χ0n) is 9.01. The Hall–Kier alpha value is -2.34. The van der Waals surface area contributed by atoms with Gasteiger partial charge in [-0.3, -0.25) is 0 Å². The molecule has 1 N–H and O–H groups in total. The van der Waals surface area contributed by atoms with Gasteiger partial charge in [-0.15, -0.1) is 0 Å². The van der Waals surface area contributed by atoms with Gasteiger partial charge in [-0.25, -0.2) is 0 Å². The lowest BCUT2D eigenvalue weighted by atomic mass is 10.2. The molecule has 0 aliphatic carbocycles. The molecule has 0 aliphatic heterocycles. The van der Waals surface area contributed by atoms with Crippen molar-refractivity contribution in [2.45, 2.75) is 6.92 Å². The number of rotatable bonds is 2. The van der Waals surface area contributed by atoms with Crippen molar-refractivity contribution in [2.24, 2.45) is 0 Å². The van der Waals surface area contributed by atoms with Crippen LogP contribution in [0.4, 0.5) is 17.1 Å². The highest BCUT2D eigenvalue weighted by Gasteiger charge is 2.03. The van der Waals surface area contributed by atoms with Crippen LogP contribution in [0.2, 0.25) is 0 Å². The number of hydrogen-bond acceptors (Lipinski definition) is 2. The molecule has 3 heteroatoms. The highest BCUT2D eigenvalue weighted by molar-refractivity contribution is 5.64. The Morgan fingerprint density at radius 1 is 1.00 bits per heavy atom. The van der Waals surface area contributed by atoms with E-state index >= 15 is 0 Å². The van der Waals surface area contributed by atoms with Gasteiger partial charge in [-0.1, -0.05) is 18.2 Å². The van der Waals surface area contributed by atoms with Crippen molar-refractivity contribution >= 4 is 17.1 Å². The van der Waals surface area contributed by atoms with Crippen LogP contribution in [-0.2, 0) is 0 Å². The summed E-state index contributed by atoms with van der Waals surface area (Å²) in [6, 6.07) is 15.3. The second-order valence-electron chi connectivity index (χ2n) is 3.59. The predicted molar refractivity (Wildman–Crippen MR) is 65.6 cm³/mol. The minimum Gasteiger partial charge on any atom is -0.355 e. The lowest BCUT2D eigenvalue weighted by Gasteiger charge is -2.08. The van der Waals surface area contributed by atoms with Crippen molar-refractivity contribution in [3.05, 3.63) is 59.1 Å². The van der Waals surface area contributed by atoms with Gasteiger partial charge in [0.15, 0.2) is 4.98 Å². The maximum absolute atomic E-state index is 8.57. The maximum Gasteiger partial charge on any atom is 0.385 e. The zero-order valence-corrected chi connectivity index (χ0v) is 9.01. The van der Waals surface area contributed by atoms with Gasteiger partial charge >= 0.3 is 5.69 Å². The van der Waals surface area contributed by atoms with E-state index in [9.17, 15) is 0 Å². The maximum atomic E-state index is 8.57. The quantitative estimate of drug-likeness (QED) is 0.754. The Bertz CT molecular complexity index is 524. The topological polar surface area (TPSA) is 40.2 Å². The summed E-state index contributed by atoms with van der Waals surface area (Å²) >= 11 is 0. The molecule has 78 valence electrons. The van der Waals surface area contributed by atoms with E-state index in [4.69, 9.17) is 5.39 Å². The molecule has 2 aromatic rings. The number of aryl methyl sites for hydroxylation is 1. The third-order valence-electron chi connectivity index (χ3n) is 2.41. The summed E-state index contributed by atoms with van der Waals surface area (Å²) in [5, 5.41) is 11.9. The van der Waals surface area contributed by atoms with Crippen LogP contribution < -0.4 is 5.32 Å². The number of hydrogen-bond donors (Lipinski definition) is 1. The number of diazo groups is 1. The van der Waals surface area contributed by atoms with Crippen molar-refractivity contribution < 1.29 is 0 Å². The largest absolute Gasteiger partial charge is 0.385 e. The molecule has 0 saturated heterocycles. The first-order valence-corrected chi connectivity index (χ1v) is 5.07. The normalized spacial score (nSPS) is 9.50. The molecule has 16 heavy (non-hydrogen) atoms. The monoisotopic (exact) mass is 210 g/mol. The molecular formula is C13H12N3+. The SMILES string of the molecule is Cc1ccccc1Nc1ccc([N+]#N)cc1. The Balaban J connectivity index is 2.22. The van der Waals surface area contributed by atoms with Gasteiger partial charge in [0.2, 0.25) is 5.39 Å². The summed E-state index contributed by atoms with van der Waals surface area (Å²) in [7, 11) is 0. The van der Waals surface area contributed by atoms with E-state index in [0.717, 1.165) is 11.4 Å². The van der Waals surface area contributed by atoms with Crippen molar-refractivity contribution in [3.8, 4) is 0 Å². The minimum absolute atomic E-state index is 0.551. The van der Waals surface area contributed by atoms with Crippen molar-refractivity contribution in [2.75, 3.05) is 5.32 Å². The van der Waals surface area contributed by atoms with Crippen LogP contribution in [0.1, 0.15) is 5.56 Å². The van der Waals surface area contributed by atoms with Gasteiger partial charge in [0.05, 0.1) is 0 Å². The molecule has 0 fully saturated rings. The lowest BCUT2D eigenvalue weighted by molar-refractivity contribution is 1.43. The smallest absolute Gasteiger partial charge is 0.355 e. The standard InChI is InChI=1S/C13H12N3/c1-10-4-2-3-5-13(10)15-11-6-8-12(16-14)9-7-11/h2-9,15H,1H3/q+1. The van der Waals surface area contributed by atoms with E-state index in [0.29, 0.717) is 5.69 Å². The van der Waals surface area contributed by atoms with Gasteiger partial charge in [-0.2, -0.15) is 0 Å². The van der Waals surface area contributed by atoms with Crippen LogP contribution in [0.25, 0.3) is 4.98 Å². The summed E-state index contributed by atoms with van der Waals surface area (Å²) in [4.78, 5) is 3.11. The molecule has 0 aromatic heterocycles. The number of nitrogens with zero attached hydrogens (tertiary/aromatic N) is 2. The molecule has 0 unspecified atom stereocenters. The Labute approximate surface area is 94.4 Å². The molecule has 0 bridgehead atoms. The predicted octanol–water partition coefficient (Wildman–Crippen LogP) is 4.22. The fourth-order valence-corrected chi connectivity index (χ4v) is 1.48. The fourth-order valence-electron chi connectivity index (χ4n) is 1.48. The van der Waals surface area contributed by atoms with Gasteiger partial charge < -0.3 is 5.32 Å². The summed E-state index contributed by atoms with van der Waals surface area (Å²) in [6.07, 6.45) is 0. The summed E-state index contributed by atoms with van der Waals surface area (Å²) < 4.78 is 0. The highest BCUT2D eigenvalue weighted by atomic mass is 14.9. The number of para-hydroxylation sites is 1. The minimum atomic E-state index is 0.551. The first-order chi connectivity index (χ1) is 7.79.